The molecule has 0 bridgehead atoms. The Labute approximate surface area is 205 Å². The van der Waals surface area contributed by atoms with Gasteiger partial charge in [0.2, 0.25) is 5.91 Å². The lowest BCUT2D eigenvalue weighted by Gasteiger charge is -2.31. The molecule has 3 aromatic rings. The van der Waals surface area contributed by atoms with E-state index >= 15 is 0 Å². The first-order valence-corrected chi connectivity index (χ1v) is 12.3. The Kier molecular flexibility index (Phi) is 6.66. The Balaban J connectivity index is 1.17. The number of fused-ring (bicyclic) bond motifs is 1. The normalized spacial score (nSPS) is 16.2. The molecule has 35 heavy (non-hydrogen) atoms. The van der Waals surface area contributed by atoms with Crippen LogP contribution >= 0.6 is 0 Å². The average molecular weight is 477 g/mol. The fourth-order valence-corrected chi connectivity index (χ4v) is 5.08. The molecule has 2 heterocycles. The van der Waals surface area contributed by atoms with E-state index in [2.05, 4.69) is 22.6 Å². The molecule has 2 aromatic carbocycles. The zero-order valence-electron chi connectivity index (χ0n) is 20.4. The van der Waals surface area contributed by atoms with Gasteiger partial charge in [-0.25, -0.2) is 0 Å². The smallest absolute Gasteiger partial charge is 0.224 e. The van der Waals surface area contributed by atoms with Crippen LogP contribution in [0.5, 0.6) is 17.2 Å². The number of carbonyl (C=O) groups is 1. The van der Waals surface area contributed by atoms with Crippen molar-refractivity contribution in [3.05, 3.63) is 70.6 Å². The summed E-state index contributed by atoms with van der Waals surface area (Å²) in [5.74, 6) is 3.15. The van der Waals surface area contributed by atoms with E-state index in [0.717, 1.165) is 52.7 Å². The number of rotatable bonds is 8. The van der Waals surface area contributed by atoms with Gasteiger partial charge in [-0.15, -0.1) is 0 Å². The van der Waals surface area contributed by atoms with Crippen molar-refractivity contribution in [1.29, 1.82) is 0 Å². The quantitative estimate of drug-likeness (QED) is 0.502. The van der Waals surface area contributed by atoms with Crippen molar-refractivity contribution in [1.82, 2.24) is 10.5 Å². The van der Waals surface area contributed by atoms with Crippen LogP contribution in [0.25, 0.3) is 0 Å². The van der Waals surface area contributed by atoms with Crippen molar-refractivity contribution in [2.75, 3.05) is 19.8 Å². The Morgan fingerprint density at radius 2 is 1.77 bits per heavy atom. The van der Waals surface area contributed by atoms with Crippen molar-refractivity contribution in [3.8, 4) is 17.2 Å². The van der Waals surface area contributed by atoms with E-state index in [0.29, 0.717) is 32.8 Å². The van der Waals surface area contributed by atoms with Gasteiger partial charge in [-0.05, 0) is 62.1 Å². The van der Waals surface area contributed by atoms with Crippen molar-refractivity contribution in [2.24, 2.45) is 0 Å². The highest BCUT2D eigenvalue weighted by Crippen LogP contribution is 2.43. The lowest BCUT2D eigenvalue weighted by Crippen LogP contribution is -2.39. The minimum Gasteiger partial charge on any atom is -0.489 e. The second-order valence-electron chi connectivity index (χ2n) is 9.53. The Bertz CT molecular complexity index is 1160. The maximum absolute atomic E-state index is 12.8. The maximum atomic E-state index is 12.8. The van der Waals surface area contributed by atoms with Gasteiger partial charge in [0.1, 0.15) is 31.3 Å². The second kappa shape index (κ2) is 10.0. The molecule has 0 atom stereocenters. The van der Waals surface area contributed by atoms with E-state index in [1.54, 1.807) is 0 Å². The van der Waals surface area contributed by atoms with Crippen molar-refractivity contribution >= 4 is 5.91 Å². The number of amides is 1. The summed E-state index contributed by atoms with van der Waals surface area (Å²) in [5.41, 5.74) is 3.92. The molecule has 5 rings (SSSR count). The fourth-order valence-electron chi connectivity index (χ4n) is 5.08. The largest absolute Gasteiger partial charge is 0.489 e. The first kappa shape index (κ1) is 23.3. The van der Waals surface area contributed by atoms with E-state index in [1.807, 2.05) is 44.2 Å². The summed E-state index contributed by atoms with van der Waals surface area (Å²) in [6.07, 6.45) is 4.79. The summed E-state index contributed by atoms with van der Waals surface area (Å²) in [6.45, 7) is 5.98. The zero-order valence-corrected chi connectivity index (χ0v) is 20.4. The number of aryl methyl sites for hydroxylation is 2. The van der Waals surface area contributed by atoms with Crippen LogP contribution in [0.1, 0.15) is 53.8 Å². The van der Waals surface area contributed by atoms with Gasteiger partial charge >= 0.3 is 0 Å². The summed E-state index contributed by atoms with van der Waals surface area (Å²) < 4.78 is 22.5. The highest BCUT2D eigenvalue weighted by atomic mass is 16.6. The molecular weight excluding hydrogens is 444 g/mol. The summed E-state index contributed by atoms with van der Waals surface area (Å²) in [5, 5.41) is 7.16. The number of nitrogens with zero attached hydrogens (tertiary/aromatic N) is 1. The molecule has 1 N–H and O–H groups in total. The highest BCUT2D eigenvalue weighted by Gasteiger charge is 2.36. The number of carbonyl (C=O) groups excluding carboxylic acids is 1. The monoisotopic (exact) mass is 476 g/mol. The molecule has 1 amide bonds. The van der Waals surface area contributed by atoms with E-state index in [9.17, 15) is 4.79 Å². The number of benzene rings is 2. The molecular formula is C28H32N2O5. The van der Waals surface area contributed by atoms with Crippen LogP contribution in [0.2, 0.25) is 0 Å². The van der Waals surface area contributed by atoms with Crippen LogP contribution in [0.3, 0.4) is 0 Å². The Morgan fingerprint density at radius 1 is 1.03 bits per heavy atom. The molecule has 7 nitrogen and oxygen atoms in total. The molecule has 0 unspecified atom stereocenters. The number of hydrogen-bond acceptors (Lipinski definition) is 6. The van der Waals surface area contributed by atoms with Gasteiger partial charge in [-0.2, -0.15) is 0 Å². The summed E-state index contributed by atoms with van der Waals surface area (Å²) >= 11 is 0. The lowest BCUT2D eigenvalue weighted by atomic mass is 9.78. The van der Waals surface area contributed by atoms with Gasteiger partial charge in [0.05, 0.1) is 17.7 Å². The highest BCUT2D eigenvalue weighted by molar-refractivity contribution is 5.78. The number of ether oxygens (including phenoxy) is 3. The number of nitrogens with one attached hydrogen (secondary N) is 1. The standard InChI is InChI=1S/C28H32N2O5/c1-19-24(20(2)35-30-19)17-34-23-8-5-21(6-9-23)15-27(31)29-18-28(11-3-4-12-28)22-7-10-25-26(16-22)33-14-13-32-25/h5-10,16H,3-4,11-15,17-18H2,1-2H3,(H,29,31). The predicted molar refractivity (Wildman–Crippen MR) is 131 cm³/mol. The molecule has 1 fully saturated rings. The van der Waals surface area contributed by atoms with Crippen LogP contribution in [0.15, 0.2) is 47.0 Å². The van der Waals surface area contributed by atoms with Gasteiger partial charge in [-0.3, -0.25) is 4.79 Å². The van der Waals surface area contributed by atoms with Gasteiger partial charge in [0.25, 0.3) is 0 Å². The Morgan fingerprint density at radius 3 is 2.49 bits per heavy atom. The van der Waals surface area contributed by atoms with Crippen LogP contribution in [-0.4, -0.2) is 30.8 Å². The SMILES string of the molecule is Cc1noc(C)c1COc1ccc(CC(=O)NCC2(c3ccc4c(c3)OCCO4)CCCC2)cc1. The molecule has 1 aromatic heterocycles. The van der Waals surface area contributed by atoms with Crippen LogP contribution in [0.4, 0.5) is 0 Å². The van der Waals surface area contributed by atoms with E-state index in [-0.39, 0.29) is 11.3 Å². The third-order valence-corrected chi connectivity index (χ3v) is 7.19. The molecule has 2 aliphatic rings. The van der Waals surface area contributed by atoms with Gasteiger partial charge in [-0.1, -0.05) is 36.2 Å². The van der Waals surface area contributed by atoms with Crippen LogP contribution in [0, 0.1) is 13.8 Å². The minimum atomic E-state index is -0.0542. The van der Waals surface area contributed by atoms with Crippen LogP contribution in [-0.2, 0) is 23.2 Å². The predicted octanol–water partition coefficient (Wildman–Crippen LogP) is 4.81. The average Bonchev–Trinajstić information content (AvgIpc) is 3.49. The Hall–Kier alpha value is -3.48. The maximum Gasteiger partial charge on any atom is 0.224 e. The third kappa shape index (κ3) is 5.14. The van der Waals surface area contributed by atoms with Crippen LogP contribution < -0.4 is 19.5 Å². The van der Waals surface area contributed by atoms with Gasteiger partial charge < -0.3 is 24.1 Å². The van der Waals surface area contributed by atoms with E-state index < -0.39 is 0 Å². The van der Waals surface area contributed by atoms with Crippen molar-refractivity contribution in [3.63, 3.8) is 0 Å². The topological polar surface area (TPSA) is 82.8 Å². The molecule has 7 heteroatoms. The van der Waals surface area contributed by atoms with Crippen molar-refractivity contribution in [2.45, 2.75) is 58.0 Å². The summed E-state index contributed by atoms with van der Waals surface area (Å²) in [4.78, 5) is 12.8. The summed E-state index contributed by atoms with van der Waals surface area (Å²) in [6, 6.07) is 13.9. The molecule has 1 aliphatic carbocycles. The molecule has 0 spiro atoms. The van der Waals surface area contributed by atoms with Crippen molar-refractivity contribution < 1.29 is 23.5 Å². The first-order chi connectivity index (χ1) is 17.0. The van der Waals surface area contributed by atoms with E-state index in [1.165, 1.54) is 18.4 Å². The molecule has 0 radical (unpaired) electrons. The number of aromatic nitrogens is 1. The zero-order chi connectivity index (χ0) is 24.3. The van der Waals surface area contributed by atoms with Gasteiger partial charge in [0.15, 0.2) is 11.5 Å². The first-order valence-electron chi connectivity index (χ1n) is 12.3. The molecule has 1 aliphatic heterocycles. The number of hydrogen-bond donors (Lipinski definition) is 1. The molecule has 1 saturated carbocycles. The van der Waals surface area contributed by atoms with E-state index in [4.69, 9.17) is 18.7 Å². The van der Waals surface area contributed by atoms with Gasteiger partial charge in [0, 0.05) is 12.0 Å². The summed E-state index contributed by atoms with van der Waals surface area (Å²) in [7, 11) is 0. The lowest BCUT2D eigenvalue weighted by molar-refractivity contribution is -0.120. The minimum absolute atomic E-state index is 0.0261. The second-order valence-corrected chi connectivity index (χ2v) is 9.53. The fraction of sp³-hybridized carbons (Fsp3) is 0.429. The molecule has 184 valence electrons. The molecule has 0 saturated heterocycles. The third-order valence-electron chi connectivity index (χ3n) is 7.19.